The molecule has 0 saturated heterocycles. The van der Waals surface area contributed by atoms with Gasteiger partial charge in [-0.05, 0) is 36.4 Å². The largest absolute Gasteiger partial charge is 0.497 e. The molecule has 1 N–H and O–H groups in total. The third-order valence-corrected chi connectivity index (χ3v) is 4.84. The van der Waals surface area contributed by atoms with Crippen molar-refractivity contribution in [3.63, 3.8) is 0 Å². The predicted molar refractivity (Wildman–Crippen MR) is 119 cm³/mol. The number of furan rings is 1. The minimum Gasteiger partial charge on any atom is -0.497 e. The van der Waals surface area contributed by atoms with E-state index in [-0.39, 0.29) is 23.6 Å². The Morgan fingerprint density at radius 2 is 1.56 bits per heavy atom. The molecule has 0 unspecified atom stereocenters. The van der Waals surface area contributed by atoms with E-state index < -0.39 is 5.97 Å². The first-order valence-corrected chi connectivity index (χ1v) is 9.86. The second-order valence-electron chi connectivity index (χ2n) is 6.79. The van der Waals surface area contributed by atoms with Crippen molar-refractivity contribution < 1.29 is 33.0 Å². The van der Waals surface area contributed by atoms with E-state index in [4.69, 9.17) is 23.4 Å². The maximum atomic E-state index is 12.6. The van der Waals surface area contributed by atoms with Gasteiger partial charge in [0.15, 0.2) is 11.5 Å². The number of nitrogens with one attached hydrogen (secondary N) is 1. The van der Waals surface area contributed by atoms with Crippen molar-refractivity contribution in [2.24, 2.45) is 0 Å². The van der Waals surface area contributed by atoms with Gasteiger partial charge in [0.05, 0.1) is 39.7 Å². The van der Waals surface area contributed by atoms with Crippen LogP contribution in [0.25, 0.3) is 11.3 Å². The fourth-order valence-electron chi connectivity index (χ4n) is 3.13. The van der Waals surface area contributed by atoms with E-state index in [2.05, 4.69) is 5.32 Å². The zero-order chi connectivity index (χ0) is 23.1. The minimum absolute atomic E-state index is 0.157. The zero-order valence-corrected chi connectivity index (χ0v) is 18.4. The molecule has 1 amide bonds. The van der Waals surface area contributed by atoms with Crippen molar-refractivity contribution in [2.75, 3.05) is 33.8 Å². The standard InChI is InChI=1S/C24H25NO7/c1-28-16-7-5-15(6-8-16)20-11-9-17(32-20)10-12-23(26)25-19-14-22(30-3)21(29-2)13-18(19)24(27)31-4/h5-9,11,13-14H,10,12H2,1-4H3,(H,25,26). The van der Waals surface area contributed by atoms with E-state index in [1.807, 2.05) is 36.4 Å². The lowest BCUT2D eigenvalue weighted by molar-refractivity contribution is -0.116. The molecule has 1 aromatic heterocycles. The molecule has 0 radical (unpaired) electrons. The van der Waals surface area contributed by atoms with E-state index in [9.17, 15) is 9.59 Å². The van der Waals surface area contributed by atoms with Crippen LogP contribution in [0.5, 0.6) is 17.2 Å². The van der Waals surface area contributed by atoms with E-state index >= 15 is 0 Å². The van der Waals surface area contributed by atoms with Crippen LogP contribution < -0.4 is 19.5 Å². The maximum Gasteiger partial charge on any atom is 0.340 e. The first-order chi connectivity index (χ1) is 15.5. The lowest BCUT2D eigenvalue weighted by Crippen LogP contribution is -2.16. The molecule has 0 fully saturated rings. The second kappa shape index (κ2) is 10.4. The molecule has 168 valence electrons. The van der Waals surface area contributed by atoms with E-state index in [0.29, 0.717) is 29.4 Å². The SMILES string of the molecule is COC(=O)c1cc(OC)c(OC)cc1NC(=O)CCc1ccc(-c2ccc(OC)cc2)o1. The van der Waals surface area contributed by atoms with Gasteiger partial charge in [0.1, 0.15) is 17.3 Å². The smallest absolute Gasteiger partial charge is 0.340 e. The first kappa shape index (κ1) is 22.7. The number of hydrogen-bond acceptors (Lipinski definition) is 7. The number of aryl methyl sites for hydroxylation is 1. The summed E-state index contributed by atoms with van der Waals surface area (Å²) in [5.74, 6) is 1.99. The number of carbonyl (C=O) groups is 2. The highest BCUT2D eigenvalue weighted by molar-refractivity contribution is 6.02. The quantitative estimate of drug-likeness (QED) is 0.496. The summed E-state index contributed by atoms with van der Waals surface area (Å²) in [6.45, 7) is 0. The number of carbonyl (C=O) groups excluding carboxylic acids is 2. The van der Waals surface area contributed by atoms with E-state index in [1.54, 1.807) is 7.11 Å². The Morgan fingerprint density at radius 3 is 2.19 bits per heavy atom. The topological polar surface area (TPSA) is 96.2 Å². The van der Waals surface area contributed by atoms with Crippen LogP contribution in [0.4, 0.5) is 5.69 Å². The fraction of sp³-hybridized carbons (Fsp3) is 0.250. The van der Waals surface area contributed by atoms with Crippen molar-refractivity contribution in [2.45, 2.75) is 12.8 Å². The third kappa shape index (κ3) is 5.21. The van der Waals surface area contributed by atoms with Crippen molar-refractivity contribution >= 4 is 17.6 Å². The van der Waals surface area contributed by atoms with Crippen molar-refractivity contribution in [3.8, 4) is 28.6 Å². The van der Waals surface area contributed by atoms with Crippen LogP contribution in [-0.4, -0.2) is 40.3 Å². The monoisotopic (exact) mass is 439 g/mol. The molecular weight excluding hydrogens is 414 g/mol. The van der Waals surface area contributed by atoms with Crippen LogP contribution in [0.2, 0.25) is 0 Å². The number of anilines is 1. The van der Waals surface area contributed by atoms with Gasteiger partial charge in [-0.15, -0.1) is 0 Å². The van der Waals surface area contributed by atoms with Gasteiger partial charge >= 0.3 is 5.97 Å². The van der Waals surface area contributed by atoms with Crippen LogP contribution in [0.3, 0.4) is 0 Å². The highest BCUT2D eigenvalue weighted by atomic mass is 16.5. The number of methoxy groups -OCH3 is 4. The molecule has 0 atom stereocenters. The lowest BCUT2D eigenvalue weighted by atomic mass is 10.1. The number of esters is 1. The Hall–Kier alpha value is -3.94. The van der Waals surface area contributed by atoms with Crippen LogP contribution in [-0.2, 0) is 16.0 Å². The van der Waals surface area contributed by atoms with E-state index in [0.717, 1.165) is 11.3 Å². The molecule has 8 nitrogen and oxygen atoms in total. The summed E-state index contributed by atoms with van der Waals surface area (Å²) >= 11 is 0. The third-order valence-electron chi connectivity index (χ3n) is 4.84. The van der Waals surface area contributed by atoms with Gasteiger partial charge in [-0.25, -0.2) is 4.79 Å². The molecule has 1 heterocycles. The maximum absolute atomic E-state index is 12.6. The summed E-state index contributed by atoms with van der Waals surface area (Å²) in [5, 5.41) is 2.74. The molecule has 0 spiro atoms. The van der Waals surface area contributed by atoms with Crippen LogP contribution in [0.1, 0.15) is 22.5 Å². The van der Waals surface area contributed by atoms with Crippen LogP contribution in [0.15, 0.2) is 52.9 Å². The van der Waals surface area contributed by atoms with Crippen molar-refractivity contribution in [1.29, 1.82) is 0 Å². The second-order valence-corrected chi connectivity index (χ2v) is 6.79. The summed E-state index contributed by atoms with van der Waals surface area (Å²) in [5.41, 5.74) is 1.35. The fourth-order valence-corrected chi connectivity index (χ4v) is 3.13. The summed E-state index contributed by atoms with van der Waals surface area (Å²) in [6.07, 6.45) is 0.549. The molecule has 0 bridgehead atoms. The molecule has 0 aliphatic carbocycles. The Bertz CT molecular complexity index is 1090. The molecule has 2 aromatic carbocycles. The van der Waals surface area contributed by atoms with Gasteiger partial charge in [-0.2, -0.15) is 0 Å². The zero-order valence-electron chi connectivity index (χ0n) is 18.4. The van der Waals surface area contributed by atoms with Gasteiger partial charge in [-0.1, -0.05) is 0 Å². The summed E-state index contributed by atoms with van der Waals surface area (Å²) < 4.78 is 26.3. The summed E-state index contributed by atoms with van der Waals surface area (Å²) in [6, 6.07) is 14.2. The Kier molecular flexibility index (Phi) is 7.38. The summed E-state index contributed by atoms with van der Waals surface area (Å²) in [4.78, 5) is 24.7. The van der Waals surface area contributed by atoms with Crippen molar-refractivity contribution in [3.05, 3.63) is 59.9 Å². The van der Waals surface area contributed by atoms with Gasteiger partial charge in [-0.3, -0.25) is 4.79 Å². The van der Waals surface area contributed by atoms with Crippen molar-refractivity contribution in [1.82, 2.24) is 0 Å². The Labute approximate surface area is 186 Å². The molecule has 0 aliphatic heterocycles. The minimum atomic E-state index is -0.601. The summed E-state index contributed by atoms with van der Waals surface area (Å²) in [7, 11) is 5.81. The molecule has 0 aliphatic rings. The van der Waals surface area contributed by atoms with Gasteiger partial charge in [0, 0.05) is 30.5 Å². The Balaban J connectivity index is 1.68. The normalized spacial score (nSPS) is 10.4. The number of amides is 1. The average molecular weight is 439 g/mol. The molecule has 8 heteroatoms. The molecule has 3 aromatic rings. The number of benzene rings is 2. The molecular formula is C24H25NO7. The molecule has 32 heavy (non-hydrogen) atoms. The average Bonchev–Trinajstić information content (AvgIpc) is 3.31. The number of ether oxygens (including phenoxy) is 4. The van der Waals surface area contributed by atoms with E-state index in [1.165, 1.54) is 33.5 Å². The highest BCUT2D eigenvalue weighted by Crippen LogP contribution is 2.34. The van der Waals surface area contributed by atoms with Crippen LogP contribution >= 0.6 is 0 Å². The predicted octanol–water partition coefficient (Wildman–Crippen LogP) is 4.33. The van der Waals surface area contributed by atoms with Crippen LogP contribution in [0, 0.1) is 0 Å². The number of rotatable bonds is 9. The highest BCUT2D eigenvalue weighted by Gasteiger charge is 2.19. The lowest BCUT2D eigenvalue weighted by Gasteiger charge is -2.14. The first-order valence-electron chi connectivity index (χ1n) is 9.86. The number of hydrogen-bond donors (Lipinski definition) is 1. The Morgan fingerprint density at radius 1 is 0.875 bits per heavy atom. The molecule has 3 rings (SSSR count). The van der Waals surface area contributed by atoms with Gasteiger partial charge in [0.2, 0.25) is 5.91 Å². The van der Waals surface area contributed by atoms with Gasteiger partial charge < -0.3 is 28.7 Å². The molecule has 0 saturated carbocycles. The van der Waals surface area contributed by atoms with Gasteiger partial charge in [0.25, 0.3) is 0 Å².